The van der Waals surface area contributed by atoms with Crippen LogP contribution < -0.4 is 5.73 Å². The van der Waals surface area contributed by atoms with Crippen molar-refractivity contribution in [2.45, 2.75) is 26.4 Å². The summed E-state index contributed by atoms with van der Waals surface area (Å²) in [6.45, 7) is 4.08. The van der Waals surface area contributed by atoms with Crippen molar-refractivity contribution in [3.8, 4) is 0 Å². The normalized spacial score (nSPS) is 12.7. The van der Waals surface area contributed by atoms with Crippen LogP contribution in [-0.2, 0) is 6.42 Å². The second-order valence-electron chi connectivity index (χ2n) is 5.49. The molecule has 1 unspecified atom stereocenters. The second-order valence-corrected chi connectivity index (χ2v) is 6.40. The molecule has 0 amide bonds. The molecule has 0 aliphatic carbocycles. The van der Waals surface area contributed by atoms with E-state index in [0.717, 1.165) is 27.8 Å². The molecule has 1 atom stereocenters. The Morgan fingerprint density at radius 1 is 1.14 bits per heavy atom. The van der Waals surface area contributed by atoms with Crippen molar-refractivity contribution >= 4 is 27.1 Å². The van der Waals surface area contributed by atoms with Gasteiger partial charge in [-0.2, -0.15) is 0 Å². The molecule has 0 saturated carbocycles. The summed E-state index contributed by atoms with van der Waals surface area (Å²) < 4.78 is 1.21. The number of nitrogens with two attached hydrogens (primary N) is 1. The first-order valence-electron chi connectivity index (χ1n) is 7.06. The van der Waals surface area contributed by atoms with Gasteiger partial charge in [-0.05, 0) is 52.9 Å². The highest BCUT2D eigenvalue weighted by Crippen LogP contribution is 2.33. The van der Waals surface area contributed by atoms with E-state index in [9.17, 15) is 5.11 Å². The van der Waals surface area contributed by atoms with Gasteiger partial charge in [-0.15, -0.1) is 11.3 Å². The Balaban J connectivity index is 1.93. The Bertz CT molecular complexity index is 791. The lowest BCUT2D eigenvalue weighted by atomic mass is 9.96. The molecule has 2 nitrogen and oxygen atoms in total. The molecule has 0 saturated heterocycles. The highest BCUT2D eigenvalue weighted by atomic mass is 32.1. The van der Waals surface area contributed by atoms with E-state index >= 15 is 0 Å². The number of aliphatic hydroxyl groups is 1. The van der Waals surface area contributed by atoms with Gasteiger partial charge in [-0.25, -0.2) is 0 Å². The summed E-state index contributed by atoms with van der Waals surface area (Å²) in [6, 6.07) is 12.3. The van der Waals surface area contributed by atoms with Crippen LogP contribution in [0.4, 0.5) is 5.69 Å². The zero-order chi connectivity index (χ0) is 15.0. The third-order valence-corrected chi connectivity index (χ3v) is 5.14. The number of rotatable bonds is 3. The Labute approximate surface area is 128 Å². The summed E-state index contributed by atoms with van der Waals surface area (Å²) >= 11 is 1.67. The maximum atomic E-state index is 10.6. The molecule has 0 aliphatic heterocycles. The van der Waals surface area contributed by atoms with E-state index in [0.29, 0.717) is 6.42 Å². The molecule has 1 aromatic heterocycles. The van der Waals surface area contributed by atoms with Crippen LogP contribution >= 0.6 is 11.3 Å². The first-order valence-corrected chi connectivity index (χ1v) is 7.94. The largest absolute Gasteiger partial charge is 0.398 e. The van der Waals surface area contributed by atoms with Gasteiger partial charge in [0, 0.05) is 16.8 Å². The highest BCUT2D eigenvalue weighted by molar-refractivity contribution is 7.17. The molecule has 21 heavy (non-hydrogen) atoms. The van der Waals surface area contributed by atoms with Crippen LogP contribution in [-0.4, -0.2) is 5.11 Å². The minimum Gasteiger partial charge on any atom is -0.398 e. The number of aryl methyl sites for hydroxylation is 1. The zero-order valence-electron chi connectivity index (χ0n) is 12.3. The van der Waals surface area contributed by atoms with Crippen LogP contribution in [0.2, 0.25) is 0 Å². The summed E-state index contributed by atoms with van der Waals surface area (Å²) in [5.74, 6) is 0. The van der Waals surface area contributed by atoms with Crippen molar-refractivity contribution in [1.29, 1.82) is 0 Å². The van der Waals surface area contributed by atoms with Crippen molar-refractivity contribution in [2.24, 2.45) is 0 Å². The van der Waals surface area contributed by atoms with Gasteiger partial charge in [0.05, 0.1) is 6.10 Å². The number of anilines is 1. The van der Waals surface area contributed by atoms with Gasteiger partial charge in [0.2, 0.25) is 0 Å². The van der Waals surface area contributed by atoms with Crippen LogP contribution in [0.3, 0.4) is 0 Å². The van der Waals surface area contributed by atoms with E-state index in [1.807, 2.05) is 30.5 Å². The molecule has 3 aromatic rings. The number of nitrogen functional groups attached to an aromatic ring is 1. The van der Waals surface area contributed by atoms with Crippen LogP contribution in [0.15, 0.2) is 41.8 Å². The molecule has 0 aliphatic rings. The molecule has 3 rings (SSSR count). The summed E-state index contributed by atoms with van der Waals surface area (Å²) in [6.07, 6.45) is 0.0267. The number of aliphatic hydroxyl groups excluding tert-OH is 1. The summed E-state index contributed by atoms with van der Waals surface area (Å²) in [5.41, 5.74) is 11.3. The minimum atomic E-state index is -0.523. The van der Waals surface area contributed by atoms with Gasteiger partial charge in [-0.3, -0.25) is 0 Å². The first-order chi connectivity index (χ1) is 10.1. The predicted octanol–water partition coefficient (Wildman–Crippen LogP) is 4.38. The maximum absolute atomic E-state index is 10.6. The molecular formula is C18H19NOS. The van der Waals surface area contributed by atoms with Gasteiger partial charge in [0.15, 0.2) is 0 Å². The van der Waals surface area contributed by atoms with Crippen LogP contribution in [0.5, 0.6) is 0 Å². The monoisotopic (exact) mass is 297 g/mol. The minimum absolute atomic E-state index is 0.523. The molecular weight excluding hydrogens is 278 g/mol. The highest BCUT2D eigenvalue weighted by Gasteiger charge is 2.15. The van der Waals surface area contributed by atoms with E-state index in [4.69, 9.17) is 5.73 Å². The molecule has 0 bridgehead atoms. The average Bonchev–Trinajstić information content (AvgIpc) is 2.92. The van der Waals surface area contributed by atoms with Gasteiger partial charge in [0.1, 0.15) is 0 Å². The molecule has 3 N–H and O–H groups in total. The quantitative estimate of drug-likeness (QED) is 0.705. The SMILES string of the molecule is Cc1ccc(CC(O)c2csc3ccccc23)c(N)c1C. The van der Waals surface area contributed by atoms with E-state index in [-0.39, 0.29) is 0 Å². The molecule has 2 aromatic carbocycles. The van der Waals surface area contributed by atoms with Gasteiger partial charge in [0.25, 0.3) is 0 Å². The van der Waals surface area contributed by atoms with Gasteiger partial charge >= 0.3 is 0 Å². The number of benzene rings is 2. The summed E-state index contributed by atoms with van der Waals surface area (Å²) in [7, 11) is 0. The maximum Gasteiger partial charge on any atom is 0.0845 e. The molecule has 1 heterocycles. The van der Waals surface area contributed by atoms with Crippen molar-refractivity contribution in [3.05, 3.63) is 64.0 Å². The molecule has 0 spiro atoms. The third-order valence-electron chi connectivity index (χ3n) is 4.16. The Hall–Kier alpha value is -1.84. The Kier molecular flexibility index (Phi) is 3.70. The van der Waals surface area contributed by atoms with Gasteiger partial charge in [-0.1, -0.05) is 30.3 Å². The fourth-order valence-electron chi connectivity index (χ4n) is 2.65. The molecule has 108 valence electrons. The lowest BCUT2D eigenvalue weighted by Gasteiger charge is -2.15. The first kappa shape index (κ1) is 14.1. The predicted molar refractivity (Wildman–Crippen MR) is 90.8 cm³/mol. The Morgan fingerprint density at radius 3 is 2.71 bits per heavy atom. The summed E-state index contributed by atoms with van der Waals surface area (Å²) in [4.78, 5) is 0. The van der Waals surface area contributed by atoms with Crippen LogP contribution in [0.25, 0.3) is 10.1 Å². The lowest BCUT2D eigenvalue weighted by Crippen LogP contribution is -2.05. The third kappa shape index (κ3) is 2.55. The van der Waals surface area contributed by atoms with Crippen molar-refractivity contribution in [2.75, 3.05) is 5.73 Å². The van der Waals surface area contributed by atoms with Crippen molar-refractivity contribution in [1.82, 2.24) is 0 Å². The van der Waals surface area contributed by atoms with E-state index in [1.165, 1.54) is 10.3 Å². The van der Waals surface area contributed by atoms with Crippen LogP contribution in [0, 0.1) is 13.8 Å². The fraction of sp³-hybridized carbons (Fsp3) is 0.222. The average molecular weight is 297 g/mol. The lowest BCUT2D eigenvalue weighted by molar-refractivity contribution is 0.180. The number of hydrogen-bond acceptors (Lipinski definition) is 3. The summed E-state index contributed by atoms with van der Waals surface area (Å²) in [5, 5.41) is 13.8. The molecule has 0 fully saturated rings. The van der Waals surface area contributed by atoms with Crippen molar-refractivity contribution < 1.29 is 5.11 Å². The zero-order valence-corrected chi connectivity index (χ0v) is 13.1. The number of thiophene rings is 1. The van der Waals surface area contributed by atoms with E-state index < -0.39 is 6.10 Å². The fourth-order valence-corrected chi connectivity index (χ4v) is 3.65. The topological polar surface area (TPSA) is 46.2 Å². The van der Waals surface area contributed by atoms with E-state index in [2.05, 4.69) is 25.1 Å². The standard InChI is InChI=1S/C18H19NOS/c1-11-7-8-13(18(19)12(11)2)9-16(20)15-10-21-17-6-4-3-5-14(15)17/h3-8,10,16,20H,9,19H2,1-2H3. The van der Waals surface area contributed by atoms with Gasteiger partial charge < -0.3 is 10.8 Å². The number of hydrogen-bond donors (Lipinski definition) is 2. The van der Waals surface area contributed by atoms with E-state index in [1.54, 1.807) is 11.3 Å². The van der Waals surface area contributed by atoms with Crippen molar-refractivity contribution in [3.63, 3.8) is 0 Å². The molecule has 0 radical (unpaired) electrons. The second kappa shape index (κ2) is 5.51. The Morgan fingerprint density at radius 2 is 1.90 bits per heavy atom. The molecule has 3 heteroatoms. The smallest absolute Gasteiger partial charge is 0.0845 e. The number of fused-ring (bicyclic) bond motifs is 1. The van der Waals surface area contributed by atoms with Crippen LogP contribution in [0.1, 0.15) is 28.4 Å².